The highest BCUT2D eigenvalue weighted by Gasteiger charge is 2.23. The van der Waals surface area contributed by atoms with Gasteiger partial charge in [0.2, 0.25) is 0 Å². The molecule has 0 aromatic carbocycles. The van der Waals surface area contributed by atoms with Crippen LogP contribution in [0.25, 0.3) is 0 Å². The predicted octanol–water partition coefficient (Wildman–Crippen LogP) is 1.20. The second kappa shape index (κ2) is 2.66. The molecule has 0 aromatic rings. The lowest BCUT2D eigenvalue weighted by Crippen LogP contribution is -2.44. The van der Waals surface area contributed by atoms with Crippen LogP contribution < -0.4 is 5.32 Å². The van der Waals surface area contributed by atoms with E-state index < -0.39 is 0 Å². The zero-order valence-electron chi connectivity index (χ0n) is 7.72. The summed E-state index contributed by atoms with van der Waals surface area (Å²) in [6.45, 7) is 9.92. The van der Waals surface area contributed by atoms with Gasteiger partial charge in [-0.1, -0.05) is 6.58 Å². The number of nitrogens with one attached hydrogen (secondary N) is 1. The molecule has 1 N–H and O–H groups in total. The molecule has 0 fully saturated rings. The first-order chi connectivity index (χ1) is 5.41. The summed E-state index contributed by atoms with van der Waals surface area (Å²) >= 11 is 0. The van der Waals surface area contributed by atoms with Crippen LogP contribution in [0.15, 0.2) is 24.7 Å². The third kappa shape index (κ3) is 1.67. The summed E-state index contributed by atoms with van der Waals surface area (Å²) in [6, 6.07) is 0. The Morgan fingerprint density at radius 3 is 2.50 bits per heavy atom. The minimum atomic E-state index is -0.111. The first-order valence-corrected chi connectivity index (χ1v) is 3.89. The summed E-state index contributed by atoms with van der Waals surface area (Å²) in [4.78, 5) is 12.8. The van der Waals surface area contributed by atoms with Crippen molar-refractivity contribution in [1.29, 1.82) is 0 Å². The molecule has 66 valence electrons. The van der Waals surface area contributed by atoms with Crippen molar-refractivity contribution in [3.05, 3.63) is 24.7 Å². The van der Waals surface area contributed by atoms with Crippen molar-refractivity contribution in [3.63, 3.8) is 0 Å². The molecule has 0 saturated carbocycles. The predicted molar refractivity (Wildman–Crippen MR) is 48.0 cm³/mol. The number of rotatable bonds is 0. The molecule has 0 atom stereocenters. The van der Waals surface area contributed by atoms with Crippen molar-refractivity contribution in [2.75, 3.05) is 0 Å². The third-order valence-corrected chi connectivity index (χ3v) is 1.66. The van der Waals surface area contributed by atoms with Crippen molar-refractivity contribution in [3.8, 4) is 0 Å². The average molecular weight is 166 g/mol. The van der Waals surface area contributed by atoms with Gasteiger partial charge >= 0.3 is 0 Å². The third-order valence-electron chi connectivity index (χ3n) is 1.66. The second-order valence-corrected chi connectivity index (χ2v) is 3.79. The van der Waals surface area contributed by atoms with Gasteiger partial charge in [-0.05, 0) is 20.8 Å². The van der Waals surface area contributed by atoms with E-state index in [1.807, 2.05) is 4.90 Å². The van der Waals surface area contributed by atoms with Crippen LogP contribution in [0, 0.1) is 0 Å². The summed E-state index contributed by atoms with van der Waals surface area (Å²) in [7, 11) is 0. The van der Waals surface area contributed by atoms with Crippen molar-refractivity contribution < 1.29 is 4.79 Å². The maximum absolute atomic E-state index is 10.9. The summed E-state index contributed by atoms with van der Waals surface area (Å²) < 4.78 is 0. The summed E-state index contributed by atoms with van der Waals surface area (Å²) in [5.41, 5.74) is -0.0404. The zero-order chi connectivity index (χ0) is 9.35. The Balaban J connectivity index is 2.87. The summed E-state index contributed by atoms with van der Waals surface area (Å²) in [5.74, 6) is 0.524. The highest BCUT2D eigenvalue weighted by Crippen LogP contribution is 2.19. The molecule has 0 bridgehead atoms. The maximum Gasteiger partial charge on any atom is 0.250 e. The minimum absolute atomic E-state index is 0.0404. The molecule has 3 heteroatoms. The molecular weight excluding hydrogens is 152 g/mol. The van der Waals surface area contributed by atoms with Gasteiger partial charge in [-0.3, -0.25) is 4.79 Å². The van der Waals surface area contributed by atoms with Crippen LogP contribution in [0.1, 0.15) is 20.8 Å². The first-order valence-electron chi connectivity index (χ1n) is 3.89. The Bertz CT molecular complexity index is 248. The topological polar surface area (TPSA) is 32.3 Å². The van der Waals surface area contributed by atoms with Crippen molar-refractivity contribution >= 4 is 5.91 Å². The van der Waals surface area contributed by atoms with E-state index in [1.165, 1.54) is 6.08 Å². The Morgan fingerprint density at radius 1 is 1.50 bits per heavy atom. The minimum Gasteiger partial charge on any atom is -0.330 e. The van der Waals surface area contributed by atoms with Gasteiger partial charge < -0.3 is 10.2 Å². The van der Waals surface area contributed by atoms with Gasteiger partial charge in [-0.15, -0.1) is 0 Å². The molecule has 3 nitrogen and oxygen atoms in total. The van der Waals surface area contributed by atoms with Crippen LogP contribution in [0.5, 0.6) is 0 Å². The van der Waals surface area contributed by atoms with Gasteiger partial charge in [-0.25, -0.2) is 0 Å². The first kappa shape index (κ1) is 8.84. The van der Waals surface area contributed by atoms with Crippen LogP contribution in [-0.4, -0.2) is 16.3 Å². The van der Waals surface area contributed by atoms with Crippen molar-refractivity contribution in [2.45, 2.75) is 26.3 Å². The van der Waals surface area contributed by atoms with E-state index in [2.05, 4.69) is 32.7 Å². The molecule has 0 radical (unpaired) electrons. The molecule has 1 amide bonds. The van der Waals surface area contributed by atoms with E-state index in [0.717, 1.165) is 0 Å². The number of nitrogens with zero attached hydrogens (tertiary/aromatic N) is 1. The number of hydrogen-bond donors (Lipinski definition) is 1. The average Bonchev–Trinajstić information content (AvgIpc) is 1.83. The summed E-state index contributed by atoms with van der Waals surface area (Å²) in [5, 5.41) is 2.64. The van der Waals surface area contributed by atoms with E-state index in [-0.39, 0.29) is 11.4 Å². The fraction of sp³-hybridized carbons (Fsp3) is 0.444. The van der Waals surface area contributed by atoms with Crippen LogP contribution in [-0.2, 0) is 4.79 Å². The fourth-order valence-electron chi connectivity index (χ4n) is 1.10. The zero-order valence-corrected chi connectivity index (χ0v) is 7.72. The largest absolute Gasteiger partial charge is 0.330 e. The Hall–Kier alpha value is -1.25. The molecule has 1 heterocycles. The summed E-state index contributed by atoms with van der Waals surface area (Å²) in [6.07, 6.45) is 3.25. The monoisotopic (exact) mass is 166 g/mol. The Morgan fingerprint density at radius 2 is 2.08 bits per heavy atom. The number of carbonyl (C=O) groups is 1. The Kier molecular flexibility index (Phi) is 1.96. The molecule has 0 saturated heterocycles. The van der Waals surface area contributed by atoms with Gasteiger partial charge in [0.05, 0.1) is 0 Å². The molecule has 1 aliphatic rings. The van der Waals surface area contributed by atoms with Gasteiger partial charge in [0.1, 0.15) is 5.82 Å². The molecule has 0 spiro atoms. The van der Waals surface area contributed by atoms with Crippen LogP contribution in [0.4, 0.5) is 0 Å². The lowest BCUT2D eigenvalue weighted by atomic mass is 10.1. The number of carbonyl (C=O) groups excluding carboxylic acids is 1. The van der Waals surface area contributed by atoms with Crippen LogP contribution >= 0.6 is 0 Å². The quantitative estimate of drug-likeness (QED) is 0.586. The van der Waals surface area contributed by atoms with Crippen LogP contribution in [0.2, 0.25) is 0 Å². The van der Waals surface area contributed by atoms with Crippen molar-refractivity contribution in [2.24, 2.45) is 0 Å². The smallest absolute Gasteiger partial charge is 0.250 e. The van der Waals surface area contributed by atoms with E-state index in [4.69, 9.17) is 0 Å². The maximum atomic E-state index is 10.9. The standard InChI is InChI=1S/C9H14N2O/c1-7-10-8(12)5-6-11(7)9(2,3)4/h5-6H,1H2,2-4H3,(H,10,12). The molecular formula is C9H14N2O. The fourth-order valence-corrected chi connectivity index (χ4v) is 1.10. The lowest BCUT2D eigenvalue weighted by Gasteiger charge is -2.37. The van der Waals surface area contributed by atoms with E-state index >= 15 is 0 Å². The highest BCUT2D eigenvalue weighted by atomic mass is 16.1. The van der Waals surface area contributed by atoms with E-state index in [9.17, 15) is 4.79 Å². The normalized spacial score (nSPS) is 18.1. The number of amides is 1. The molecule has 12 heavy (non-hydrogen) atoms. The molecule has 0 unspecified atom stereocenters. The second-order valence-electron chi connectivity index (χ2n) is 3.79. The van der Waals surface area contributed by atoms with Gasteiger partial charge in [0.15, 0.2) is 0 Å². The SMILES string of the molecule is C=C1NC(=O)C=CN1C(C)(C)C. The molecule has 0 aromatic heterocycles. The lowest BCUT2D eigenvalue weighted by molar-refractivity contribution is -0.116. The van der Waals surface area contributed by atoms with Gasteiger partial charge in [0.25, 0.3) is 5.91 Å². The highest BCUT2D eigenvalue weighted by molar-refractivity contribution is 5.89. The van der Waals surface area contributed by atoms with Gasteiger partial charge in [-0.2, -0.15) is 0 Å². The van der Waals surface area contributed by atoms with E-state index in [0.29, 0.717) is 5.82 Å². The molecule has 1 aliphatic heterocycles. The Labute approximate surface area is 72.7 Å². The van der Waals surface area contributed by atoms with Crippen molar-refractivity contribution in [1.82, 2.24) is 10.2 Å². The molecule has 0 aliphatic carbocycles. The van der Waals surface area contributed by atoms with Gasteiger partial charge in [0, 0.05) is 17.8 Å². The van der Waals surface area contributed by atoms with Crippen LogP contribution in [0.3, 0.4) is 0 Å². The van der Waals surface area contributed by atoms with E-state index in [1.54, 1.807) is 6.20 Å². The molecule has 1 rings (SSSR count). The number of hydrogen-bond acceptors (Lipinski definition) is 2.